The van der Waals surface area contributed by atoms with Crippen molar-refractivity contribution in [3.8, 4) is 0 Å². The van der Waals surface area contributed by atoms with Crippen LogP contribution in [0.25, 0.3) is 0 Å². The van der Waals surface area contributed by atoms with Gasteiger partial charge in [-0.3, -0.25) is 4.98 Å². The Bertz CT molecular complexity index is 347. The molecule has 2 rings (SSSR count). The monoisotopic (exact) mass is 246 g/mol. The molecule has 1 aliphatic rings. The molecule has 1 saturated carbocycles. The van der Waals surface area contributed by atoms with Gasteiger partial charge in [0.15, 0.2) is 0 Å². The highest BCUT2D eigenvalue weighted by molar-refractivity contribution is 5.10. The summed E-state index contributed by atoms with van der Waals surface area (Å²) in [6.45, 7) is 5.55. The van der Waals surface area contributed by atoms with Crippen molar-refractivity contribution >= 4 is 0 Å². The van der Waals surface area contributed by atoms with Gasteiger partial charge in [0.2, 0.25) is 0 Å². The lowest BCUT2D eigenvalue weighted by Crippen LogP contribution is -2.33. The van der Waals surface area contributed by atoms with Gasteiger partial charge in [-0.1, -0.05) is 19.9 Å². The Morgan fingerprint density at radius 2 is 2.17 bits per heavy atom. The first kappa shape index (κ1) is 13.5. The number of rotatable bonds is 4. The molecule has 1 aromatic rings. The molecule has 3 atom stereocenters. The average molecular weight is 246 g/mol. The first-order valence-corrected chi connectivity index (χ1v) is 7.29. The molecular weight excluding hydrogens is 220 g/mol. The van der Waals surface area contributed by atoms with Crippen LogP contribution in [0.4, 0.5) is 0 Å². The molecule has 0 spiro atoms. The molecule has 3 unspecified atom stereocenters. The van der Waals surface area contributed by atoms with Crippen LogP contribution in [0.1, 0.15) is 38.7 Å². The highest BCUT2D eigenvalue weighted by Gasteiger charge is 2.30. The molecule has 2 heteroatoms. The lowest BCUT2D eigenvalue weighted by Gasteiger charge is -2.37. The molecule has 0 bridgehead atoms. The zero-order valence-electron chi connectivity index (χ0n) is 11.7. The Morgan fingerprint density at radius 3 is 2.78 bits per heavy atom. The van der Waals surface area contributed by atoms with Gasteiger partial charge in [0.05, 0.1) is 0 Å². The summed E-state index contributed by atoms with van der Waals surface area (Å²) in [5, 5.41) is 0. The van der Waals surface area contributed by atoms with Crippen LogP contribution in [-0.4, -0.2) is 11.5 Å². The molecule has 2 N–H and O–H groups in total. The van der Waals surface area contributed by atoms with Crippen molar-refractivity contribution in [1.29, 1.82) is 0 Å². The van der Waals surface area contributed by atoms with E-state index >= 15 is 0 Å². The third-order valence-corrected chi connectivity index (χ3v) is 4.65. The van der Waals surface area contributed by atoms with E-state index in [4.69, 9.17) is 5.73 Å². The van der Waals surface area contributed by atoms with Gasteiger partial charge in [-0.2, -0.15) is 0 Å². The van der Waals surface area contributed by atoms with E-state index in [1.54, 1.807) is 0 Å². The van der Waals surface area contributed by atoms with Gasteiger partial charge in [0, 0.05) is 12.4 Å². The van der Waals surface area contributed by atoms with E-state index in [9.17, 15) is 0 Å². The summed E-state index contributed by atoms with van der Waals surface area (Å²) < 4.78 is 0. The van der Waals surface area contributed by atoms with Crippen LogP contribution in [0.15, 0.2) is 24.5 Å². The summed E-state index contributed by atoms with van der Waals surface area (Å²) in [6, 6.07) is 4.23. The maximum Gasteiger partial charge on any atom is 0.0299 e. The summed E-state index contributed by atoms with van der Waals surface area (Å²) in [5.41, 5.74) is 7.32. The van der Waals surface area contributed by atoms with Gasteiger partial charge < -0.3 is 5.73 Å². The second-order valence-electron chi connectivity index (χ2n) is 6.14. The minimum Gasteiger partial charge on any atom is -0.330 e. The van der Waals surface area contributed by atoms with E-state index in [0.717, 1.165) is 30.7 Å². The first-order chi connectivity index (χ1) is 8.70. The maximum absolute atomic E-state index is 5.95. The third kappa shape index (κ3) is 3.32. The highest BCUT2D eigenvalue weighted by atomic mass is 14.6. The SMILES string of the molecule is CC(C)C1CCC(CN)C(Cc2cccnc2)C1. The second kappa shape index (κ2) is 6.33. The van der Waals surface area contributed by atoms with E-state index in [1.165, 1.54) is 24.8 Å². The number of nitrogens with zero attached hydrogens (tertiary/aromatic N) is 1. The molecule has 0 radical (unpaired) electrons. The smallest absolute Gasteiger partial charge is 0.0299 e. The minimum atomic E-state index is 0.709. The Morgan fingerprint density at radius 1 is 1.33 bits per heavy atom. The summed E-state index contributed by atoms with van der Waals surface area (Å²) in [4.78, 5) is 4.22. The molecule has 1 heterocycles. The van der Waals surface area contributed by atoms with Gasteiger partial charge >= 0.3 is 0 Å². The number of nitrogens with two attached hydrogens (primary N) is 1. The van der Waals surface area contributed by atoms with E-state index in [2.05, 4.69) is 24.9 Å². The standard InChI is InChI=1S/C16H26N2/c1-12(2)14-5-6-15(10-17)16(9-14)8-13-4-3-7-18-11-13/h3-4,7,11-12,14-16H,5-6,8-10,17H2,1-2H3. The van der Waals surface area contributed by atoms with E-state index in [-0.39, 0.29) is 0 Å². The second-order valence-corrected chi connectivity index (χ2v) is 6.14. The number of hydrogen-bond donors (Lipinski definition) is 1. The lowest BCUT2D eigenvalue weighted by molar-refractivity contribution is 0.151. The summed E-state index contributed by atoms with van der Waals surface area (Å²) >= 11 is 0. The zero-order valence-corrected chi connectivity index (χ0v) is 11.7. The largest absolute Gasteiger partial charge is 0.330 e. The van der Waals surface area contributed by atoms with E-state index in [1.807, 2.05) is 18.5 Å². The van der Waals surface area contributed by atoms with Crippen molar-refractivity contribution in [2.45, 2.75) is 39.5 Å². The molecule has 0 aliphatic heterocycles. The number of hydrogen-bond acceptors (Lipinski definition) is 2. The van der Waals surface area contributed by atoms with Crippen LogP contribution in [0, 0.1) is 23.7 Å². The molecule has 2 nitrogen and oxygen atoms in total. The predicted molar refractivity (Wildman–Crippen MR) is 76.2 cm³/mol. The summed E-state index contributed by atoms with van der Waals surface area (Å²) in [7, 11) is 0. The number of pyridine rings is 1. The Labute approximate surface area is 111 Å². The first-order valence-electron chi connectivity index (χ1n) is 7.29. The molecule has 1 fully saturated rings. The number of aromatic nitrogens is 1. The Kier molecular flexibility index (Phi) is 4.76. The van der Waals surface area contributed by atoms with Crippen molar-refractivity contribution in [1.82, 2.24) is 4.98 Å². The Hall–Kier alpha value is -0.890. The van der Waals surface area contributed by atoms with Crippen LogP contribution in [-0.2, 0) is 6.42 Å². The fourth-order valence-electron chi connectivity index (χ4n) is 3.35. The van der Waals surface area contributed by atoms with Crippen molar-refractivity contribution in [2.75, 3.05) is 6.54 Å². The molecule has 0 amide bonds. The molecule has 18 heavy (non-hydrogen) atoms. The van der Waals surface area contributed by atoms with Crippen LogP contribution in [0.2, 0.25) is 0 Å². The minimum absolute atomic E-state index is 0.709. The van der Waals surface area contributed by atoms with Crippen LogP contribution in [0.3, 0.4) is 0 Å². The molecule has 1 aromatic heterocycles. The quantitative estimate of drug-likeness (QED) is 0.885. The van der Waals surface area contributed by atoms with E-state index < -0.39 is 0 Å². The molecule has 1 aliphatic carbocycles. The average Bonchev–Trinajstić information content (AvgIpc) is 2.39. The van der Waals surface area contributed by atoms with Crippen LogP contribution in [0.5, 0.6) is 0 Å². The van der Waals surface area contributed by atoms with Gasteiger partial charge in [-0.05, 0) is 67.5 Å². The topological polar surface area (TPSA) is 38.9 Å². The van der Waals surface area contributed by atoms with Crippen molar-refractivity contribution in [3.63, 3.8) is 0 Å². The predicted octanol–water partition coefficient (Wildman–Crippen LogP) is 3.27. The fraction of sp³-hybridized carbons (Fsp3) is 0.688. The Balaban J connectivity index is 2.02. The lowest BCUT2D eigenvalue weighted by atomic mass is 9.69. The van der Waals surface area contributed by atoms with E-state index in [0.29, 0.717) is 5.92 Å². The molecule has 0 aromatic carbocycles. The van der Waals surface area contributed by atoms with Crippen molar-refractivity contribution in [3.05, 3.63) is 30.1 Å². The van der Waals surface area contributed by atoms with Gasteiger partial charge in [0.25, 0.3) is 0 Å². The van der Waals surface area contributed by atoms with Gasteiger partial charge in [0.1, 0.15) is 0 Å². The third-order valence-electron chi connectivity index (χ3n) is 4.65. The molecule has 100 valence electrons. The maximum atomic E-state index is 5.95. The normalized spacial score (nSPS) is 28.6. The van der Waals surface area contributed by atoms with Crippen molar-refractivity contribution in [2.24, 2.45) is 29.4 Å². The molecular formula is C16H26N2. The van der Waals surface area contributed by atoms with Crippen LogP contribution < -0.4 is 5.73 Å². The zero-order chi connectivity index (χ0) is 13.0. The fourth-order valence-corrected chi connectivity index (χ4v) is 3.35. The summed E-state index contributed by atoms with van der Waals surface area (Å²) in [6.07, 6.45) is 9.02. The molecule has 0 saturated heterocycles. The van der Waals surface area contributed by atoms with Gasteiger partial charge in [-0.25, -0.2) is 0 Å². The van der Waals surface area contributed by atoms with Crippen LogP contribution >= 0.6 is 0 Å². The van der Waals surface area contributed by atoms with Gasteiger partial charge in [-0.15, -0.1) is 0 Å². The van der Waals surface area contributed by atoms with Crippen molar-refractivity contribution < 1.29 is 0 Å². The summed E-state index contributed by atoms with van der Waals surface area (Å²) in [5.74, 6) is 3.15. The highest BCUT2D eigenvalue weighted by Crippen LogP contribution is 2.38.